The maximum atomic E-state index is 12.8. The van der Waals surface area contributed by atoms with Crippen LogP contribution in [0.25, 0.3) is 11.5 Å². The minimum atomic E-state index is -3.54. The van der Waals surface area contributed by atoms with Gasteiger partial charge in [0.1, 0.15) is 0 Å². The molecule has 0 spiro atoms. The van der Waals surface area contributed by atoms with Gasteiger partial charge in [-0.3, -0.25) is 4.79 Å². The average Bonchev–Trinajstić information content (AvgIpc) is 3.20. The molecule has 1 aliphatic rings. The highest BCUT2D eigenvalue weighted by Crippen LogP contribution is 2.27. The van der Waals surface area contributed by atoms with Crippen LogP contribution in [-0.4, -0.2) is 54.2 Å². The molecule has 1 saturated heterocycles. The lowest BCUT2D eigenvalue weighted by Gasteiger charge is -2.25. The molecule has 0 radical (unpaired) electrons. The van der Waals surface area contributed by atoms with E-state index in [1.54, 1.807) is 30.3 Å². The van der Waals surface area contributed by atoms with Gasteiger partial charge >= 0.3 is 0 Å². The zero-order valence-electron chi connectivity index (χ0n) is 15.3. The van der Waals surface area contributed by atoms with Crippen LogP contribution in [0.5, 0.6) is 0 Å². The molecule has 2 aromatic rings. The maximum Gasteiger partial charge on any atom is 0.277 e. The molecule has 0 unspecified atom stereocenters. The highest BCUT2D eigenvalue weighted by atomic mass is 32.2. The number of benzene rings is 1. The third kappa shape index (κ3) is 5.00. The Bertz CT molecular complexity index is 937. The van der Waals surface area contributed by atoms with Crippen LogP contribution < -0.4 is 5.32 Å². The Labute approximate surface area is 168 Å². The van der Waals surface area contributed by atoms with Crippen molar-refractivity contribution in [3.8, 4) is 11.5 Å². The zero-order valence-corrected chi connectivity index (χ0v) is 17.0. The molecule has 3 rings (SSSR count). The fraction of sp³-hybridized carbons (Fsp3) is 0.389. The Hall–Kier alpha value is -2.17. The first-order valence-corrected chi connectivity index (χ1v) is 11.4. The van der Waals surface area contributed by atoms with Gasteiger partial charge < -0.3 is 9.73 Å². The Balaban J connectivity index is 1.71. The number of carbonyl (C=O) groups is 1. The first kappa shape index (κ1) is 20.6. The van der Waals surface area contributed by atoms with Gasteiger partial charge in [0.15, 0.2) is 0 Å². The van der Waals surface area contributed by atoms with Gasteiger partial charge in [0.2, 0.25) is 21.8 Å². The largest absolute Gasteiger partial charge is 0.411 e. The molecule has 0 aliphatic carbocycles. The second-order valence-electron chi connectivity index (χ2n) is 6.25. The van der Waals surface area contributed by atoms with Gasteiger partial charge in [-0.15, -0.1) is 16.8 Å². The maximum absolute atomic E-state index is 12.8. The number of rotatable bonds is 8. The predicted octanol–water partition coefficient (Wildman–Crippen LogP) is 2.31. The molecule has 1 aromatic heterocycles. The number of hydrogen-bond acceptors (Lipinski definition) is 7. The van der Waals surface area contributed by atoms with Crippen LogP contribution in [0.2, 0.25) is 0 Å². The van der Waals surface area contributed by atoms with Crippen molar-refractivity contribution in [1.82, 2.24) is 19.8 Å². The number of hydrogen-bond donors (Lipinski definition) is 1. The summed E-state index contributed by atoms with van der Waals surface area (Å²) in [4.78, 5) is 11.8. The summed E-state index contributed by atoms with van der Waals surface area (Å²) in [6.45, 7) is 5.02. The van der Waals surface area contributed by atoms with Crippen LogP contribution in [0.15, 0.2) is 51.5 Å². The van der Waals surface area contributed by atoms with Gasteiger partial charge in [0.05, 0.1) is 10.6 Å². The number of piperidine rings is 1. The van der Waals surface area contributed by atoms with E-state index >= 15 is 0 Å². The summed E-state index contributed by atoms with van der Waals surface area (Å²) in [7, 11) is -3.54. The van der Waals surface area contributed by atoms with Crippen molar-refractivity contribution in [3.63, 3.8) is 0 Å². The second kappa shape index (κ2) is 9.35. The van der Waals surface area contributed by atoms with E-state index in [-0.39, 0.29) is 27.7 Å². The molecule has 8 nitrogen and oxygen atoms in total. The number of amides is 1. The minimum Gasteiger partial charge on any atom is -0.411 e. The standard InChI is InChI=1S/C18H22N4O4S2/c1-2-9-19-16(23)13-27-18-21-20-17(26-18)14-7-6-8-15(12-14)28(24,25)22-10-4-3-5-11-22/h2,6-8,12H,1,3-5,9-11,13H2,(H,19,23). The minimum absolute atomic E-state index is 0.138. The second-order valence-corrected chi connectivity index (χ2v) is 9.11. The molecular formula is C18H22N4O4S2. The lowest BCUT2D eigenvalue weighted by molar-refractivity contribution is -0.118. The molecule has 1 aliphatic heterocycles. The Morgan fingerprint density at radius 3 is 2.82 bits per heavy atom. The molecule has 2 heterocycles. The van der Waals surface area contributed by atoms with Gasteiger partial charge in [-0.05, 0) is 31.0 Å². The molecule has 10 heteroatoms. The number of carbonyl (C=O) groups excluding carboxylic acids is 1. The van der Waals surface area contributed by atoms with Gasteiger partial charge in [-0.25, -0.2) is 8.42 Å². The Morgan fingerprint density at radius 2 is 2.07 bits per heavy atom. The number of nitrogens with zero attached hydrogens (tertiary/aromatic N) is 3. The molecule has 0 saturated carbocycles. The van der Waals surface area contributed by atoms with E-state index in [0.29, 0.717) is 25.2 Å². The smallest absolute Gasteiger partial charge is 0.277 e. The van der Waals surface area contributed by atoms with Gasteiger partial charge in [-0.1, -0.05) is 30.3 Å². The quantitative estimate of drug-likeness (QED) is 0.514. The van der Waals surface area contributed by atoms with Crippen LogP contribution in [-0.2, 0) is 14.8 Å². The normalized spacial score (nSPS) is 15.3. The van der Waals surface area contributed by atoms with E-state index in [1.807, 2.05) is 0 Å². The van der Waals surface area contributed by atoms with Crippen LogP contribution in [0, 0.1) is 0 Å². The van der Waals surface area contributed by atoms with E-state index in [4.69, 9.17) is 4.42 Å². The summed E-state index contributed by atoms with van der Waals surface area (Å²) in [6.07, 6.45) is 4.41. The van der Waals surface area contributed by atoms with Crippen LogP contribution in [0.4, 0.5) is 0 Å². The summed E-state index contributed by atoms with van der Waals surface area (Å²) >= 11 is 1.11. The van der Waals surface area contributed by atoms with Crippen molar-refractivity contribution < 1.29 is 17.6 Å². The van der Waals surface area contributed by atoms with Crippen molar-refractivity contribution in [2.24, 2.45) is 0 Å². The zero-order chi connectivity index (χ0) is 20.0. The van der Waals surface area contributed by atoms with Crippen LogP contribution in [0.3, 0.4) is 0 Å². The van der Waals surface area contributed by atoms with E-state index in [0.717, 1.165) is 31.0 Å². The van der Waals surface area contributed by atoms with E-state index < -0.39 is 10.0 Å². The third-order valence-electron chi connectivity index (χ3n) is 4.21. The Kier molecular flexibility index (Phi) is 6.87. The summed E-state index contributed by atoms with van der Waals surface area (Å²) in [5.41, 5.74) is 0.522. The molecule has 28 heavy (non-hydrogen) atoms. The molecule has 0 atom stereocenters. The topological polar surface area (TPSA) is 105 Å². The van der Waals surface area contributed by atoms with Gasteiger partial charge in [0, 0.05) is 25.2 Å². The van der Waals surface area contributed by atoms with Crippen LogP contribution >= 0.6 is 11.8 Å². The van der Waals surface area contributed by atoms with Gasteiger partial charge in [-0.2, -0.15) is 4.31 Å². The van der Waals surface area contributed by atoms with Crippen molar-refractivity contribution in [2.75, 3.05) is 25.4 Å². The van der Waals surface area contributed by atoms with Crippen molar-refractivity contribution in [2.45, 2.75) is 29.4 Å². The number of thioether (sulfide) groups is 1. The number of aromatic nitrogens is 2. The predicted molar refractivity (Wildman–Crippen MR) is 106 cm³/mol. The molecular weight excluding hydrogens is 400 g/mol. The highest BCUT2D eigenvalue weighted by Gasteiger charge is 2.26. The molecule has 150 valence electrons. The molecule has 0 bridgehead atoms. The fourth-order valence-corrected chi connectivity index (χ4v) is 4.95. The third-order valence-corrected chi connectivity index (χ3v) is 6.92. The fourth-order valence-electron chi connectivity index (χ4n) is 2.79. The Morgan fingerprint density at radius 1 is 1.29 bits per heavy atom. The first-order chi connectivity index (χ1) is 13.5. The summed E-state index contributed by atoms with van der Waals surface area (Å²) in [5.74, 6) is 0.183. The summed E-state index contributed by atoms with van der Waals surface area (Å²) in [6, 6.07) is 6.49. The summed E-state index contributed by atoms with van der Waals surface area (Å²) in [5, 5.41) is 10.8. The van der Waals surface area contributed by atoms with Gasteiger partial charge in [0.25, 0.3) is 5.22 Å². The molecule has 1 aromatic carbocycles. The van der Waals surface area contributed by atoms with E-state index in [9.17, 15) is 13.2 Å². The van der Waals surface area contributed by atoms with Crippen molar-refractivity contribution in [3.05, 3.63) is 36.9 Å². The highest BCUT2D eigenvalue weighted by molar-refractivity contribution is 7.99. The van der Waals surface area contributed by atoms with Crippen molar-refractivity contribution >= 4 is 27.7 Å². The first-order valence-electron chi connectivity index (χ1n) is 8.95. The lowest BCUT2D eigenvalue weighted by atomic mass is 10.2. The molecule has 1 fully saturated rings. The lowest BCUT2D eigenvalue weighted by Crippen LogP contribution is -2.35. The van der Waals surface area contributed by atoms with Crippen LogP contribution in [0.1, 0.15) is 19.3 Å². The summed E-state index contributed by atoms with van der Waals surface area (Å²) < 4.78 is 32.8. The number of nitrogens with one attached hydrogen (secondary N) is 1. The van der Waals surface area contributed by atoms with Crippen molar-refractivity contribution in [1.29, 1.82) is 0 Å². The average molecular weight is 423 g/mol. The SMILES string of the molecule is C=CCNC(=O)CSc1nnc(-c2cccc(S(=O)(=O)N3CCCCC3)c2)o1. The monoisotopic (exact) mass is 422 g/mol. The van der Waals surface area contributed by atoms with E-state index in [1.165, 1.54) is 4.31 Å². The molecule has 1 N–H and O–H groups in total. The van der Waals surface area contributed by atoms with E-state index in [2.05, 4.69) is 22.1 Å². The number of sulfonamides is 1. The molecule has 1 amide bonds.